The minimum absolute atomic E-state index is 0.164. The first-order valence-electron chi connectivity index (χ1n) is 7.62. The monoisotopic (exact) mass is 298 g/mol. The van der Waals surface area contributed by atoms with Gasteiger partial charge in [0.2, 0.25) is 5.91 Å². The highest BCUT2D eigenvalue weighted by atomic mass is 16.5. The molecule has 1 aliphatic carbocycles. The largest absolute Gasteiger partial charge is 0.491 e. The SMILES string of the molecule is CC1(C(=O)N2Cc3ccc(C#N)cc3OCC23CC3)COC1. The summed E-state index contributed by atoms with van der Waals surface area (Å²) in [5, 5.41) is 9.03. The second-order valence-electron chi connectivity index (χ2n) is 6.89. The van der Waals surface area contributed by atoms with E-state index in [2.05, 4.69) is 6.07 Å². The van der Waals surface area contributed by atoms with Crippen molar-refractivity contribution in [3.8, 4) is 11.8 Å². The van der Waals surface area contributed by atoms with Crippen molar-refractivity contribution >= 4 is 5.91 Å². The molecule has 3 aliphatic rings. The molecule has 1 aromatic rings. The van der Waals surface area contributed by atoms with Crippen molar-refractivity contribution in [1.29, 1.82) is 5.26 Å². The summed E-state index contributed by atoms with van der Waals surface area (Å²) in [6, 6.07) is 7.58. The van der Waals surface area contributed by atoms with E-state index >= 15 is 0 Å². The first kappa shape index (κ1) is 13.6. The standard InChI is InChI=1S/C17H18N2O3/c1-16(9-21-10-16)15(20)19-8-13-3-2-12(7-18)6-14(13)22-11-17(19)4-5-17/h2-3,6H,4-5,8-11H2,1H3. The van der Waals surface area contributed by atoms with Gasteiger partial charge in [0.1, 0.15) is 12.4 Å². The molecule has 5 heteroatoms. The topological polar surface area (TPSA) is 62.6 Å². The Morgan fingerprint density at radius 1 is 1.32 bits per heavy atom. The van der Waals surface area contributed by atoms with E-state index < -0.39 is 5.41 Å². The highest BCUT2D eigenvalue weighted by Gasteiger charge is 2.56. The molecule has 5 nitrogen and oxygen atoms in total. The van der Waals surface area contributed by atoms with E-state index in [1.807, 2.05) is 17.9 Å². The molecule has 2 heterocycles. The summed E-state index contributed by atoms with van der Waals surface area (Å²) in [6.45, 7) is 4.03. The number of hydrogen-bond donors (Lipinski definition) is 0. The first-order valence-corrected chi connectivity index (χ1v) is 7.62. The van der Waals surface area contributed by atoms with Gasteiger partial charge in [0.25, 0.3) is 0 Å². The Kier molecular flexibility index (Phi) is 2.76. The lowest BCUT2D eigenvalue weighted by Crippen LogP contribution is -2.57. The van der Waals surface area contributed by atoms with Crippen LogP contribution >= 0.6 is 0 Å². The number of nitrogens with zero attached hydrogens (tertiary/aromatic N) is 2. The highest BCUT2D eigenvalue weighted by Crippen LogP contribution is 2.48. The predicted molar refractivity (Wildman–Crippen MR) is 78.1 cm³/mol. The lowest BCUT2D eigenvalue weighted by Gasteiger charge is -2.42. The Hall–Kier alpha value is -2.06. The maximum absolute atomic E-state index is 13.0. The molecule has 1 saturated carbocycles. The Morgan fingerprint density at radius 3 is 2.68 bits per heavy atom. The van der Waals surface area contributed by atoms with E-state index in [1.54, 1.807) is 12.1 Å². The lowest BCUT2D eigenvalue weighted by molar-refractivity contribution is -0.173. The number of nitriles is 1. The van der Waals surface area contributed by atoms with Crippen molar-refractivity contribution in [2.45, 2.75) is 31.8 Å². The van der Waals surface area contributed by atoms with Gasteiger partial charge in [-0.3, -0.25) is 4.79 Å². The molecule has 2 aliphatic heterocycles. The summed E-state index contributed by atoms with van der Waals surface area (Å²) >= 11 is 0. The van der Waals surface area contributed by atoms with Gasteiger partial charge < -0.3 is 14.4 Å². The van der Waals surface area contributed by atoms with E-state index in [1.165, 1.54) is 0 Å². The molecular weight excluding hydrogens is 280 g/mol. The van der Waals surface area contributed by atoms with Crippen LogP contribution < -0.4 is 4.74 Å². The second kappa shape index (κ2) is 4.47. The van der Waals surface area contributed by atoms with Crippen LogP contribution in [-0.4, -0.2) is 36.2 Å². The van der Waals surface area contributed by atoms with Crippen molar-refractivity contribution < 1.29 is 14.3 Å². The zero-order chi connectivity index (χ0) is 15.4. The molecule has 114 valence electrons. The van der Waals surface area contributed by atoms with Crippen LogP contribution in [0.3, 0.4) is 0 Å². The molecule has 22 heavy (non-hydrogen) atoms. The molecule has 1 aromatic carbocycles. The highest BCUT2D eigenvalue weighted by molar-refractivity contribution is 5.84. The molecule has 1 amide bonds. The summed E-state index contributed by atoms with van der Waals surface area (Å²) in [5.74, 6) is 0.896. The Labute approximate surface area is 129 Å². The number of carbonyl (C=O) groups excluding carboxylic acids is 1. The molecule has 0 bridgehead atoms. The van der Waals surface area contributed by atoms with Crippen molar-refractivity contribution in [2.75, 3.05) is 19.8 Å². The van der Waals surface area contributed by atoms with Crippen LogP contribution in [0.15, 0.2) is 18.2 Å². The zero-order valence-electron chi connectivity index (χ0n) is 12.6. The zero-order valence-corrected chi connectivity index (χ0v) is 12.6. The molecular formula is C17H18N2O3. The van der Waals surface area contributed by atoms with Crippen LogP contribution in [-0.2, 0) is 16.1 Å². The van der Waals surface area contributed by atoms with Crippen molar-refractivity contribution in [3.63, 3.8) is 0 Å². The van der Waals surface area contributed by atoms with E-state index in [0.29, 0.717) is 31.9 Å². The summed E-state index contributed by atoms with van der Waals surface area (Å²) in [6.07, 6.45) is 1.96. The molecule has 0 unspecified atom stereocenters. The third-order valence-electron chi connectivity index (χ3n) is 5.02. The average Bonchev–Trinajstić information content (AvgIpc) is 3.30. The van der Waals surface area contributed by atoms with Gasteiger partial charge >= 0.3 is 0 Å². The molecule has 1 saturated heterocycles. The van der Waals surface area contributed by atoms with Gasteiger partial charge in [-0.05, 0) is 31.9 Å². The number of carbonyl (C=O) groups is 1. The molecule has 0 N–H and O–H groups in total. The predicted octanol–water partition coefficient (Wildman–Crippen LogP) is 1.85. The van der Waals surface area contributed by atoms with Crippen molar-refractivity contribution in [1.82, 2.24) is 4.90 Å². The lowest BCUT2D eigenvalue weighted by atomic mass is 9.86. The molecule has 1 spiro atoms. The number of benzene rings is 1. The molecule has 2 fully saturated rings. The average molecular weight is 298 g/mol. The summed E-state index contributed by atoms with van der Waals surface area (Å²) in [7, 11) is 0. The molecule has 4 rings (SSSR count). The fourth-order valence-corrected chi connectivity index (χ4v) is 3.22. The van der Waals surface area contributed by atoms with E-state index in [0.717, 1.165) is 24.2 Å². The number of amides is 1. The first-order chi connectivity index (χ1) is 10.6. The fraction of sp³-hybridized carbons (Fsp3) is 0.529. The number of rotatable bonds is 1. The Bertz CT molecular complexity index is 684. The minimum Gasteiger partial charge on any atom is -0.491 e. The van der Waals surface area contributed by atoms with E-state index in [4.69, 9.17) is 14.7 Å². The third-order valence-corrected chi connectivity index (χ3v) is 5.02. The van der Waals surface area contributed by atoms with Gasteiger partial charge in [-0.2, -0.15) is 5.26 Å². The fourth-order valence-electron chi connectivity index (χ4n) is 3.22. The Morgan fingerprint density at radius 2 is 2.09 bits per heavy atom. The minimum atomic E-state index is -0.396. The van der Waals surface area contributed by atoms with E-state index in [9.17, 15) is 4.79 Å². The summed E-state index contributed by atoms with van der Waals surface area (Å²) < 4.78 is 11.2. The normalized spacial score (nSPS) is 23.5. The van der Waals surface area contributed by atoms with Crippen molar-refractivity contribution in [3.05, 3.63) is 29.3 Å². The number of fused-ring (bicyclic) bond motifs is 1. The quantitative estimate of drug-likeness (QED) is 0.794. The number of ether oxygens (including phenoxy) is 2. The maximum Gasteiger partial charge on any atom is 0.234 e. The van der Waals surface area contributed by atoms with Gasteiger partial charge in [0.15, 0.2) is 0 Å². The van der Waals surface area contributed by atoms with Gasteiger partial charge in [-0.25, -0.2) is 0 Å². The number of hydrogen-bond acceptors (Lipinski definition) is 4. The summed E-state index contributed by atoms with van der Waals surface area (Å²) in [4.78, 5) is 15.0. The van der Waals surface area contributed by atoms with Crippen molar-refractivity contribution in [2.24, 2.45) is 5.41 Å². The van der Waals surface area contributed by atoms with Gasteiger partial charge in [0, 0.05) is 5.56 Å². The molecule has 0 radical (unpaired) electrons. The third kappa shape index (κ3) is 1.91. The molecule has 0 aromatic heterocycles. The van der Waals surface area contributed by atoms with Gasteiger partial charge in [-0.15, -0.1) is 0 Å². The molecule has 0 atom stereocenters. The van der Waals surface area contributed by atoms with Crippen LogP contribution in [0.5, 0.6) is 5.75 Å². The smallest absolute Gasteiger partial charge is 0.234 e. The van der Waals surface area contributed by atoms with Gasteiger partial charge in [0.05, 0.1) is 42.3 Å². The van der Waals surface area contributed by atoms with Crippen LogP contribution in [0.4, 0.5) is 0 Å². The second-order valence-corrected chi connectivity index (χ2v) is 6.89. The van der Waals surface area contributed by atoms with Crippen LogP contribution in [0.1, 0.15) is 30.9 Å². The van der Waals surface area contributed by atoms with Crippen LogP contribution in [0, 0.1) is 16.7 Å². The van der Waals surface area contributed by atoms with E-state index in [-0.39, 0.29) is 11.4 Å². The van der Waals surface area contributed by atoms with Crippen LogP contribution in [0.2, 0.25) is 0 Å². The maximum atomic E-state index is 13.0. The van der Waals surface area contributed by atoms with Gasteiger partial charge in [-0.1, -0.05) is 6.07 Å². The van der Waals surface area contributed by atoms with Crippen LogP contribution in [0.25, 0.3) is 0 Å². The Balaban J connectivity index is 1.68. The summed E-state index contributed by atoms with van der Waals surface area (Å²) in [5.41, 5.74) is 0.997.